The van der Waals surface area contributed by atoms with Crippen LogP contribution in [0.1, 0.15) is 44.0 Å². The third-order valence-electron chi connectivity index (χ3n) is 8.14. The van der Waals surface area contributed by atoms with Gasteiger partial charge in [-0.3, -0.25) is 24.1 Å². The van der Waals surface area contributed by atoms with Gasteiger partial charge in [-0.15, -0.1) is 0 Å². The zero-order chi connectivity index (χ0) is 25.2. The van der Waals surface area contributed by atoms with Crippen LogP contribution in [-0.2, 0) is 16.1 Å². The molecular weight excluding hydrogens is 456 g/mol. The summed E-state index contributed by atoms with van der Waals surface area (Å²) in [5.41, 5.74) is 1.74. The maximum atomic E-state index is 13.4. The van der Waals surface area contributed by atoms with E-state index in [1.807, 2.05) is 32.8 Å². The molecule has 0 saturated carbocycles. The van der Waals surface area contributed by atoms with Gasteiger partial charge in [-0.1, -0.05) is 6.07 Å². The van der Waals surface area contributed by atoms with Crippen LogP contribution in [0.5, 0.6) is 0 Å². The number of piperazine rings is 2. The van der Waals surface area contributed by atoms with Crippen molar-refractivity contribution in [3.63, 3.8) is 0 Å². The molecule has 36 heavy (non-hydrogen) atoms. The van der Waals surface area contributed by atoms with Gasteiger partial charge in [-0.2, -0.15) is 5.10 Å². The first-order valence-corrected chi connectivity index (χ1v) is 13.5. The Bertz CT molecular complexity index is 1060. The first-order valence-electron chi connectivity index (χ1n) is 13.5. The number of hydrogen-bond acceptors (Lipinski definition) is 6. The van der Waals surface area contributed by atoms with Crippen molar-refractivity contribution in [2.45, 2.75) is 58.3 Å². The summed E-state index contributed by atoms with van der Waals surface area (Å²) >= 11 is 0. The summed E-state index contributed by atoms with van der Waals surface area (Å²) in [7, 11) is 0. The molecule has 5 rings (SSSR count). The van der Waals surface area contributed by atoms with E-state index in [4.69, 9.17) is 4.74 Å². The lowest BCUT2D eigenvalue weighted by Gasteiger charge is -2.38. The van der Waals surface area contributed by atoms with Gasteiger partial charge in [0.1, 0.15) is 6.10 Å². The number of ether oxygens (including phenoxy) is 1. The minimum absolute atomic E-state index is 0.101. The number of hydrogen-bond donors (Lipinski definition) is 0. The van der Waals surface area contributed by atoms with E-state index in [-0.39, 0.29) is 24.0 Å². The van der Waals surface area contributed by atoms with Gasteiger partial charge in [0.2, 0.25) is 0 Å². The van der Waals surface area contributed by atoms with Gasteiger partial charge in [0, 0.05) is 76.4 Å². The predicted molar refractivity (Wildman–Crippen MR) is 139 cm³/mol. The van der Waals surface area contributed by atoms with Gasteiger partial charge in [-0.25, -0.2) is 0 Å². The standard InChI is InChI=1S/C27H40N6O3/c1-20(2)29-9-13-31(14-10-29)26(34)22-6-4-7-24-23(22)18-28-33(24)19-21(3)30-11-15-32(16-12-30)27(35)25-8-5-17-36-25/h4,6-7,18,20-21,25H,5,8-17,19H2,1-3H3/t21?,25-/m0/s1. The topological polar surface area (TPSA) is 74.2 Å². The highest BCUT2D eigenvalue weighted by atomic mass is 16.5. The van der Waals surface area contributed by atoms with Gasteiger partial charge in [0.25, 0.3) is 11.8 Å². The van der Waals surface area contributed by atoms with Crippen LogP contribution in [0.25, 0.3) is 10.9 Å². The highest BCUT2D eigenvalue weighted by Crippen LogP contribution is 2.23. The molecule has 4 heterocycles. The minimum atomic E-state index is -0.236. The summed E-state index contributed by atoms with van der Waals surface area (Å²) in [5, 5.41) is 5.60. The molecule has 3 aliphatic rings. The Labute approximate surface area is 213 Å². The average Bonchev–Trinajstić information content (AvgIpc) is 3.59. The molecule has 2 amide bonds. The molecule has 0 aliphatic carbocycles. The molecule has 3 aliphatic heterocycles. The number of carbonyl (C=O) groups excluding carboxylic acids is 2. The minimum Gasteiger partial charge on any atom is -0.368 e. The summed E-state index contributed by atoms with van der Waals surface area (Å²) in [6.45, 7) is 14.6. The molecule has 0 radical (unpaired) electrons. The Kier molecular flexibility index (Phi) is 7.60. The summed E-state index contributed by atoms with van der Waals surface area (Å²) in [6, 6.07) is 6.74. The van der Waals surface area contributed by atoms with E-state index < -0.39 is 0 Å². The number of rotatable bonds is 6. The van der Waals surface area contributed by atoms with E-state index in [0.717, 1.165) is 88.2 Å². The number of aromatic nitrogens is 2. The predicted octanol–water partition coefficient (Wildman–Crippen LogP) is 1.91. The Morgan fingerprint density at radius 1 is 0.972 bits per heavy atom. The van der Waals surface area contributed by atoms with Crippen LogP contribution in [0.15, 0.2) is 24.4 Å². The highest BCUT2D eigenvalue weighted by molar-refractivity contribution is 6.06. The molecule has 1 unspecified atom stereocenters. The van der Waals surface area contributed by atoms with Crippen LogP contribution >= 0.6 is 0 Å². The van der Waals surface area contributed by atoms with Crippen molar-refractivity contribution in [3.05, 3.63) is 30.0 Å². The van der Waals surface area contributed by atoms with E-state index in [2.05, 4.69) is 41.7 Å². The van der Waals surface area contributed by atoms with Gasteiger partial charge in [-0.05, 0) is 45.7 Å². The first kappa shape index (κ1) is 25.2. The van der Waals surface area contributed by atoms with Crippen molar-refractivity contribution in [1.29, 1.82) is 0 Å². The number of nitrogens with zero attached hydrogens (tertiary/aromatic N) is 6. The van der Waals surface area contributed by atoms with Crippen molar-refractivity contribution >= 4 is 22.7 Å². The van der Waals surface area contributed by atoms with Crippen molar-refractivity contribution in [2.75, 3.05) is 59.0 Å². The summed E-state index contributed by atoms with van der Waals surface area (Å²) < 4.78 is 7.61. The lowest BCUT2D eigenvalue weighted by atomic mass is 10.1. The van der Waals surface area contributed by atoms with Crippen LogP contribution in [0.3, 0.4) is 0 Å². The number of carbonyl (C=O) groups is 2. The van der Waals surface area contributed by atoms with Gasteiger partial charge >= 0.3 is 0 Å². The Hall–Kier alpha value is -2.49. The van der Waals surface area contributed by atoms with Crippen molar-refractivity contribution < 1.29 is 14.3 Å². The highest BCUT2D eigenvalue weighted by Gasteiger charge is 2.31. The lowest BCUT2D eigenvalue weighted by molar-refractivity contribution is -0.143. The normalized spacial score (nSPS) is 23.1. The molecule has 2 aromatic rings. The maximum absolute atomic E-state index is 13.4. The zero-order valence-electron chi connectivity index (χ0n) is 21.9. The van der Waals surface area contributed by atoms with Gasteiger partial charge < -0.3 is 14.5 Å². The fourth-order valence-corrected chi connectivity index (χ4v) is 5.77. The van der Waals surface area contributed by atoms with E-state index >= 15 is 0 Å². The maximum Gasteiger partial charge on any atom is 0.254 e. The SMILES string of the molecule is CC(C)N1CCN(C(=O)c2cccc3c2cnn3CC(C)N2CCN(C(=O)[C@@H]3CCCO3)CC2)CC1. The molecule has 3 fully saturated rings. The molecule has 0 N–H and O–H groups in total. The largest absolute Gasteiger partial charge is 0.368 e. The molecule has 2 atom stereocenters. The average molecular weight is 497 g/mol. The fourth-order valence-electron chi connectivity index (χ4n) is 5.77. The second-order valence-electron chi connectivity index (χ2n) is 10.7. The third kappa shape index (κ3) is 5.14. The lowest BCUT2D eigenvalue weighted by Crippen LogP contribution is -2.54. The quantitative estimate of drug-likeness (QED) is 0.608. The molecule has 9 heteroatoms. The second kappa shape index (κ2) is 10.9. The molecule has 0 spiro atoms. The molecule has 3 saturated heterocycles. The third-order valence-corrected chi connectivity index (χ3v) is 8.14. The van der Waals surface area contributed by atoms with Crippen LogP contribution in [0.4, 0.5) is 0 Å². The summed E-state index contributed by atoms with van der Waals surface area (Å²) in [6.07, 6.45) is 3.44. The van der Waals surface area contributed by atoms with Gasteiger partial charge in [0.05, 0.1) is 23.8 Å². The van der Waals surface area contributed by atoms with Crippen LogP contribution in [0, 0.1) is 0 Å². The Balaban J connectivity index is 1.20. The molecule has 1 aromatic heterocycles. The smallest absolute Gasteiger partial charge is 0.254 e. The Morgan fingerprint density at radius 3 is 2.33 bits per heavy atom. The fraction of sp³-hybridized carbons (Fsp3) is 0.667. The molecular formula is C27H40N6O3. The van der Waals surface area contributed by atoms with E-state index in [9.17, 15) is 9.59 Å². The molecule has 196 valence electrons. The number of fused-ring (bicyclic) bond motifs is 1. The molecule has 1 aromatic carbocycles. The molecule has 9 nitrogen and oxygen atoms in total. The second-order valence-corrected chi connectivity index (χ2v) is 10.7. The van der Waals surface area contributed by atoms with E-state index in [1.165, 1.54) is 0 Å². The summed E-state index contributed by atoms with van der Waals surface area (Å²) in [4.78, 5) is 34.8. The zero-order valence-corrected chi connectivity index (χ0v) is 21.9. The van der Waals surface area contributed by atoms with E-state index in [0.29, 0.717) is 12.6 Å². The summed E-state index contributed by atoms with van der Waals surface area (Å²) in [5.74, 6) is 0.254. The Morgan fingerprint density at radius 2 is 1.67 bits per heavy atom. The van der Waals surface area contributed by atoms with Gasteiger partial charge in [0.15, 0.2) is 0 Å². The number of benzene rings is 1. The van der Waals surface area contributed by atoms with E-state index in [1.54, 1.807) is 0 Å². The first-order chi connectivity index (χ1) is 17.4. The number of amides is 2. The van der Waals surface area contributed by atoms with Crippen molar-refractivity contribution in [3.8, 4) is 0 Å². The van der Waals surface area contributed by atoms with Crippen LogP contribution < -0.4 is 0 Å². The van der Waals surface area contributed by atoms with Crippen LogP contribution in [0.2, 0.25) is 0 Å². The molecule has 0 bridgehead atoms. The van der Waals surface area contributed by atoms with Crippen LogP contribution in [-0.4, -0.2) is 118 Å². The van der Waals surface area contributed by atoms with Crippen molar-refractivity contribution in [1.82, 2.24) is 29.4 Å². The monoisotopic (exact) mass is 496 g/mol. The van der Waals surface area contributed by atoms with Crippen molar-refractivity contribution in [2.24, 2.45) is 0 Å².